The molecule has 3 N–H and O–H groups in total. The first-order chi connectivity index (χ1) is 27.5. The second kappa shape index (κ2) is 39.9. The number of phosphoric ester groups is 1. The average molecular weight is 824 g/mol. The number of amides is 1. The minimum Gasteiger partial charge on any atom is -0.387 e. The quantitative estimate of drug-likeness (QED) is 0.0245. The molecule has 0 saturated carbocycles. The largest absolute Gasteiger partial charge is 0.472 e. The van der Waals surface area contributed by atoms with Gasteiger partial charge in [0.15, 0.2) is 0 Å². The van der Waals surface area contributed by atoms with E-state index in [1.807, 2.05) is 27.2 Å². The molecule has 0 aromatic heterocycles. The monoisotopic (exact) mass is 824 g/mol. The van der Waals surface area contributed by atoms with Gasteiger partial charge in [0.2, 0.25) is 5.91 Å². The predicted octanol–water partition coefficient (Wildman–Crippen LogP) is 13.2. The third kappa shape index (κ3) is 42.4. The molecule has 0 saturated heterocycles. The van der Waals surface area contributed by atoms with Crippen LogP contribution in [0.5, 0.6) is 0 Å². The summed E-state index contributed by atoms with van der Waals surface area (Å²) >= 11 is 0. The third-order valence-corrected chi connectivity index (χ3v) is 11.3. The molecule has 0 aliphatic rings. The van der Waals surface area contributed by atoms with E-state index in [1.54, 1.807) is 6.08 Å². The highest BCUT2D eigenvalue weighted by molar-refractivity contribution is 7.47. The van der Waals surface area contributed by atoms with E-state index in [2.05, 4.69) is 55.6 Å². The molecule has 0 aliphatic carbocycles. The number of phosphoric acid groups is 1. The number of hydrogen-bond donors (Lipinski definition) is 3. The van der Waals surface area contributed by atoms with Crippen molar-refractivity contribution >= 4 is 13.7 Å². The summed E-state index contributed by atoms with van der Waals surface area (Å²) in [5.41, 5.74) is 0. The van der Waals surface area contributed by atoms with Crippen LogP contribution in [0.25, 0.3) is 0 Å². The van der Waals surface area contributed by atoms with Crippen LogP contribution >= 0.6 is 7.82 Å². The topological polar surface area (TPSA) is 105 Å². The van der Waals surface area contributed by atoms with Gasteiger partial charge in [-0.05, 0) is 51.4 Å². The number of quaternary nitrogens is 1. The predicted molar refractivity (Wildman–Crippen MR) is 244 cm³/mol. The molecule has 0 aromatic carbocycles. The summed E-state index contributed by atoms with van der Waals surface area (Å²) in [6.07, 6.45) is 51.3. The van der Waals surface area contributed by atoms with E-state index >= 15 is 0 Å². The summed E-state index contributed by atoms with van der Waals surface area (Å²) in [7, 11) is 1.56. The molecule has 3 unspecified atom stereocenters. The Morgan fingerprint density at radius 1 is 0.596 bits per heavy atom. The number of aliphatic hydroxyl groups excluding tert-OH is 1. The van der Waals surface area contributed by atoms with E-state index in [4.69, 9.17) is 9.05 Å². The van der Waals surface area contributed by atoms with Crippen LogP contribution in [0.4, 0.5) is 0 Å². The summed E-state index contributed by atoms with van der Waals surface area (Å²) in [6.45, 7) is 4.64. The molecule has 0 fully saturated rings. The van der Waals surface area contributed by atoms with Crippen molar-refractivity contribution in [2.24, 2.45) is 0 Å². The minimum absolute atomic E-state index is 0.0597. The van der Waals surface area contributed by atoms with E-state index < -0.39 is 20.0 Å². The molecule has 0 spiro atoms. The number of carbonyl (C=O) groups excluding carboxylic acids is 1. The highest BCUT2D eigenvalue weighted by atomic mass is 31.2. The van der Waals surface area contributed by atoms with E-state index in [1.165, 1.54) is 128 Å². The van der Waals surface area contributed by atoms with Crippen LogP contribution in [0.2, 0.25) is 0 Å². The standard InChI is InChI=1S/C48H91N2O6P/c1-6-8-10-12-13-14-15-16-17-18-19-20-21-22-23-24-25-26-27-28-29-30-31-32-33-34-35-36-37-38-40-42-48(52)49-46(47(51)41-39-11-9-7-2)45-56-57(53,54)55-44-43-50(3,4)5/h15-16,18-19,21-22,39,41,46-47,51H,6-14,17,20,23-38,40,42-45H2,1-5H3,(H-,49,52,53,54)/p+1/b16-15-,19-18-,22-21-,41-39+. The molecular weight excluding hydrogens is 732 g/mol. The fraction of sp³-hybridized carbons (Fsp3) is 0.812. The Kier molecular flexibility index (Phi) is 38.8. The zero-order valence-electron chi connectivity index (χ0n) is 37.8. The Balaban J connectivity index is 3.83. The molecule has 0 aliphatic heterocycles. The summed E-state index contributed by atoms with van der Waals surface area (Å²) in [5, 5.41) is 13.5. The lowest BCUT2D eigenvalue weighted by Gasteiger charge is -2.25. The molecule has 57 heavy (non-hydrogen) atoms. The first kappa shape index (κ1) is 55.5. The number of nitrogens with one attached hydrogen (secondary N) is 1. The van der Waals surface area contributed by atoms with Crippen LogP contribution in [-0.2, 0) is 18.4 Å². The van der Waals surface area contributed by atoms with Crippen molar-refractivity contribution in [2.45, 2.75) is 212 Å². The first-order valence-corrected chi connectivity index (χ1v) is 25.0. The molecule has 0 radical (unpaired) electrons. The summed E-state index contributed by atoms with van der Waals surface area (Å²) in [6, 6.07) is -0.842. The van der Waals surface area contributed by atoms with Crippen molar-refractivity contribution in [2.75, 3.05) is 40.9 Å². The fourth-order valence-corrected chi connectivity index (χ4v) is 7.24. The zero-order chi connectivity index (χ0) is 42.1. The zero-order valence-corrected chi connectivity index (χ0v) is 38.7. The molecule has 0 aromatic rings. The highest BCUT2D eigenvalue weighted by Crippen LogP contribution is 2.43. The Morgan fingerprint density at radius 2 is 1.02 bits per heavy atom. The Bertz CT molecular complexity index is 1070. The molecule has 334 valence electrons. The van der Waals surface area contributed by atoms with Crippen LogP contribution in [0.3, 0.4) is 0 Å². The number of rotatable bonds is 42. The van der Waals surface area contributed by atoms with Gasteiger partial charge >= 0.3 is 7.82 Å². The molecule has 0 heterocycles. The van der Waals surface area contributed by atoms with Gasteiger partial charge in [0.1, 0.15) is 13.2 Å². The van der Waals surface area contributed by atoms with Gasteiger partial charge in [-0.3, -0.25) is 13.8 Å². The van der Waals surface area contributed by atoms with Gasteiger partial charge < -0.3 is 19.8 Å². The van der Waals surface area contributed by atoms with Gasteiger partial charge in [-0.25, -0.2) is 4.57 Å². The van der Waals surface area contributed by atoms with Crippen LogP contribution in [0.1, 0.15) is 200 Å². The van der Waals surface area contributed by atoms with Crippen LogP contribution < -0.4 is 5.32 Å². The van der Waals surface area contributed by atoms with Gasteiger partial charge in [-0.15, -0.1) is 0 Å². The van der Waals surface area contributed by atoms with E-state index in [0.717, 1.165) is 51.4 Å². The molecule has 0 rings (SSSR count). The van der Waals surface area contributed by atoms with Gasteiger partial charge in [0.05, 0.1) is 39.9 Å². The Labute approximate surface area is 352 Å². The van der Waals surface area contributed by atoms with E-state index in [-0.39, 0.29) is 19.1 Å². The maximum Gasteiger partial charge on any atom is 0.472 e. The Morgan fingerprint density at radius 3 is 1.49 bits per heavy atom. The number of hydrogen-bond acceptors (Lipinski definition) is 5. The maximum atomic E-state index is 12.7. The van der Waals surface area contributed by atoms with E-state index in [9.17, 15) is 19.4 Å². The fourth-order valence-electron chi connectivity index (χ4n) is 6.50. The number of carbonyl (C=O) groups is 1. The number of aliphatic hydroxyl groups is 1. The van der Waals surface area contributed by atoms with Crippen molar-refractivity contribution < 1.29 is 32.9 Å². The smallest absolute Gasteiger partial charge is 0.387 e. The number of unbranched alkanes of at least 4 members (excludes halogenated alkanes) is 23. The number of likely N-dealkylation sites (N-methyl/N-ethyl adjacent to an activating group) is 1. The molecule has 0 bridgehead atoms. The van der Waals surface area contributed by atoms with Crippen molar-refractivity contribution in [1.29, 1.82) is 0 Å². The third-order valence-electron chi connectivity index (χ3n) is 10.3. The van der Waals surface area contributed by atoms with Crippen LogP contribution in [-0.4, -0.2) is 73.4 Å². The van der Waals surface area contributed by atoms with Crippen LogP contribution in [0, 0.1) is 0 Å². The molecule has 8 nitrogen and oxygen atoms in total. The van der Waals surface area contributed by atoms with Gasteiger partial charge in [0.25, 0.3) is 0 Å². The van der Waals surface area contributed by atoms with Crippen molar-refractivity contribution in [3.63, 3.8) is 0 Å². The SMILES string of the molecule is CCCC/C=C/C(O)C(COP(=O)(O)OCC[N+](C)(C)C)NC(=O)CCCCCCCCCCCCCCCCCC/C=C\C/C=C\C/C=C\CCCCCCC. The maximum absolute atomic E-state index is 12.7. The highest BCUT2D eigenvalue weighted by Gasteiger charge is 2.27. The normalized spacial score (nSPS) is 14.7. The molecule has 1 amide bonds. The molecule has 3 atom stereocenters. The van der Waals surface area contributed by atoms with Crippen molar-refractivity contribution in [1.82, 2.24) is 5.32 Å². The first-order valence-electron chi connectivity index (χ1n) is 23.5. The lowest BCUT2D eigenvalue weighted by molar-refractivity contribution is -0.870. The Hall–Kier alpha value is -1.54. The molecular formula is C48H92N2O6P+. The van der Waals surface area contributed by atoms with Crippen molar-refractivity contribution in [3.05, 3.63) is 48.6 Å². The minimum atomic E-state index is -4.32. The van der Waals surface area contributed by atoms with Gasteiger partial charge in [0, 0.05) is 6.42 Å². The second-order valence-corrected chi connectivity index (χ2v) is 18.6. The van der Waals surface area contributed by atoms with Gasteiger partial charge in [-0.2, -0.15) is 0 Å². The lowest BCUT2D eigenvalue weighted by Crippen LogP contribution is -2.45. The number of allylic oxidation sites excluding steroid dienone is 7. The van der Waals surface area contributed by atoms with Gasteiger partial charge in [-0.1, -0.05) is 191 Å². The lowest BCUT2D eigenvalue weighted by atomic mass is 10.0. The summed E-state index contributed by atoms with van der Waals surface area (Å²) < 4.78 is 23.3. The summed E-state index contributed by atoms with van der Waals surface area (Å²) in [5.74, 6) is -0.187. The average Bonchev–Trinajstić information content (AvgIpc) is 3.16. The van der Waals surface area contributed by atoms with E-state index in [0.29, 0.717) is 17.4 Å². The van der Waals surface area contributed by atoms with Crippen molar-refractivity contribution in [3.8, 4) is 0 Å². The second-order valence-electron chi connectivity index (χ2n) is 17.1. The number of nitrogens with zero attached hydrogens (tertiary/aromatic N) is 1. The summed E-state index contributed by atoms with van der Waals surface area (Å²) in [4.78, 5) is 22.9. The van der Waals surface area contributed by atoms with Crippen LogP contribution in [0.15, 0.2) is 48.6 Å². The molecule has 9 heteroatoms.